The standard InChI is InChI=1S/C22H29NS.CH5N/c1-6-8-17(9-7-2)21(18-14-15-24-16-18)23-20-12-10-19(11-13-20)22(3,4)5;1-2/h6,10-16,23H,1,7-9H2,2-5H3;2H2,1H3/b21-17+;. The van der Waals surface area contributed by atoms with Crippen molar-refractivity contribution in [2.75, 3.05) is 12.4 Å². The molecule has 1 aromatic carbocycles. The number of thiophene rings is 1. The van der Waals surface area contributed by atoms with Gasteiger partial charge < -0.3 is 11.1 Å². The highest BCUT2D eigenvalue weighted by Crippen LogP contribution is 2.29. The molecule has 1 heterocycles. The van der Waals surface area contributed by atoms with Gasteiger partial charge in [-0.05, 0) is 60.0 Å². The average Bonchev–Trinajstić information content (AvgIpc) is 3.15. The van der Waals surface area contributed by atoms with Gasteiger partial charge in [-0.1, -0.05) is 52.3 Å². The van der Waals surface area contributed by atoms with Crippen molar-refractivity contribution in [2.24, 2.45) is 5.73 Å². The molecule has 0 radical (unpaired) electrons. The van der Waals surface area contributed by atoms with Crippen molar-refractivity contribution >= 4 is 22.7 Å². The number of benzene rings is 1. The molecular formula is C23H34N2S. The quantitative estimate of drug-likeness (QED) is 0.525. The Morgan fingerprint density at radius 2 is 1.81 bits per heavy atom. The molecule has 3 N–H and O–H groups in total. The Bertz CT molecular complexity index is 674. The zero-order valence-electron chi connectivity index (χ0n) is 16.9. The average molecular weight is 371 g/mol. The summed E-state index contributed by atoms with van der Waals surface area (Å²) in [6.07, 6.45) is 5.15. The summed E-state index contributed by atoms with van der Waals surface area (Å²) in [7, 11) is 1.50. The number of hydrogen-bond acceptors (Lipinski definition) is 3. The lowest BCUT2D eigenvalue weighted by Gasteiger charge is -2.20. The van der Waals surface area contributed by atoms with Gasteiger partial charge in [-0.15, -0.1) is 6.58 Å². The predicted octanol–water partition coefficient (Wildman–Crippen LogP) is 6.82. The van der Waals surface area contributed by atoms with Crippen LogP contribution in [0.15, 0.2) is 59.3 Å². The summed E-state index contributed by atoms with van der Waals surface area (Å²) in [6.45, 7) is 12.9. The molecule has 3 heteroatoms. The molecular weight excluding hydrogens is 336 g/mol. The molecule has 0 saturated carbocycles. The highest BCUT2D eigenvalue weighted by Gasteiger charge is 2.14. The number of nitrogens with one attached hydrogen (secondary N) is 1. The fraction of sp³-hybridized carbons (Fsp3) is 0.391. The summed E-state index contributed by atoms with van der Waals surface area (Å²) in [5.41, 5.74) is 11.1. The lowest BCUT2D eigenvalue weighted by molar-refractivity contribution is 0.590. The van der Waals surface area contributed by atoms with Crippen molar-refractivity contribution in [3.8, 4) is 0 Å². The topological polar surface area (TPSA) is 38.0 Å². The fourth-order valence-electron chi connectivity index (χ4n) is 2.77. The van der Waals surface area contributed by atoms with Crippen molar-refractivity contribution in [3.63, 3.8) is 0 Å². The van der Waals surface area contributed by atoms with Gasteiger partial charge in [0, 0.05) is 22.3 Å². The largest absolute Gasteiger partial charge is 0.355 e. The summed E-state index contributed by atoms with van der Waals surface area (Å²) in [4.78, 5) is 0. The van der Waals surface area contributed by atoms with Gasteiger partial charge in [-0.2, -0.15) is 11.3 Å². The Labute approximate surface area is 163 Å². The van der Waals surface area contributed by atoms with Crippen molar-refractivity contribution in [1.82, 2.24) is 0 Å². The van der Waals surface area contributed by atoms with E-state index in [0.717, 1.165) is 24.9 Å². The number of rotatable bonds is 7. The third-order valence-electron chi connectivity index (χ3n) is 4.13. The third-order valence-corrected chi connectivity index (χ3v) is 4.81. The van der Waals surface area contributed by atoms with Crippen LogP contribution in [-0.4, -0.2) is 7.05 Å². The van der Waals surface area contributed by atoms with E-state index >= 15 is 0 Å². The smallest absolute Gasteiger partial charge is 0.0461 e. The van der Waals surface area contributed by atoms with Crippen molar-refractivity contribution in [2.45, 2.75) is 52.4 Å². The molecule has 0 saturated heterocycles. The second kappa shape index (κ2) is 11.0. The maximum Gasteiger partial charge on any atom is 0.0461 e. The molecule has 26 heavy (non-hydrogen) atoms. The van der Waals surface area contributed by atoms with Crippen LogP contribution in [0.3, 0.4) is 0 Å². The van der Waals surface area contributed by atoms with E-state index in [2.05, 4.69) is 86.4 Å². The highest BCUT2D eigenvalue weighted by atomic mass is 32.1. The number of hydrogen-bond donors (Lipinski definition) is 2. The number of allylic oxidation sites excluding steroid dienone is 2. The van der Waals surface area contributed by atoms with Crippen molar-refractivity contribution in [3.05, 3.63) is 70.4 Å². The van der Waals surface area contributed by atoms with Crippen molar-refractivity contribution in [1.29, 1.82) is 0 Å². The van der Waals surface area contributed by atoms with E-state index < -0.39 is 0 Å². The van der Waals surface area contributed by atoms with Crippen molar-refractivity contribution < 1.29 is 0 Å². The maximum absolute atomic E-state index is 4.50. The summed E-state index contributed by atoms with van der Waals surface area (Å²) in [5, 5.41) is 8.02. The molecule has 2 aromatic rings. The maximum atomic E-state index is 4.50. The first-order valence-electron chi connectivity index (χ1n) is 9.26. The van der Waals surface area contributed by atoms with E-state index in [4.69, 9.17) is 0 Å². The minimum atomic E-state index is 0.181. The van der Waals surface area contributed by atoms with E-state index in [1.807, 2.05) is 6.08 Å². The Balaban J connectivity index is 0.00000163. The Morgan fingerprint density at radius 3 is 2.27 bits per heavy atom. The van der Waals surface area contributed by atoms with Crippen LogP contribution in [0.5, 0.6) is 0 Å². The summed E-state index contributed by atoms with van der Waals surface area (Å²) >= 11 is 1.74. The molecule has 0 aliphatic heterocycles. The molecule has 0 bridgehead atoms. The molecule has 1 aromatic heterocycles. The molecule has 0 amide bonds. The van der Waals surface area contributed by atoms with Crippen LogP contribution in [0.4, 0.5) is 5.69 Å². The first-order chi connectivity index (χ1) is 12.5. The van der Waals surface area contributed by atoms with Gasteiger partial charge in [0.2, 0.25) is 0 Å². The van der Waals surface area contributed by atoms with E-state index in [-0.39, 0.29) is 5.41 Å². The molecule has 0 atom stereocenters. The third kappa shape index (κ3) is 6.47. The summed E-state index contributed by atoms with van der Waals surface area (Å²) in [6, 6.07) is 11.0. The Kier molecular flexibility index (Phi) is 9.39. The SMILES string of the molecule is C=CC/C(CCC)=C(\Nc1ccc(C(C)(C)C)cc1)c1ccsc1.CN. The molecule has 2 nitrogen and oxygen atoms in total. The lowest BCUT2D eigenvalue weighted by atomic mass is 9.87. The van der Waals surface area contributed by atoms with E-state index in [9.17, 15) is 0 Å². The van der Waals surface area contributed by atoms with Gasteiger partial charge in [0.05, 0.1) is 0 Å². The van der Waals surface area contributed by atoms with Crippen LogP contribution in [-0.2, 0) is 5.41 Å². The van der Waals surface area contributed by atoms with E-state index in [1.54, 1.807) is 11.3 Å². The monoisotopic (exact) mass is 370 g/mol. The molecule has 0 unspecified atom stereocenters. The van der Waals surface area contributed by atoms with Gasteiger partial charge in [-0.25, -0.2) is 0 Å². The van der Waals surface area contributed by atoms with Gasteiger partial charge in [-0.3, -0.25) is 0 Å². The van der Waals surface area contributed by atoms with Gasteiger partial charge in [0.1, 0.15) is 0 Å². The van der Waals surface area contributed by atoms with Crippen LogP contribution < -0.4 is 11.1 Å². The van der Waals surface area contributed by atoms with Crippen LogP contribution in [0, 0.1) is 0 Å². The first kappa shape index (κ1) is 22.2. The number of nitrogens with two attached hydrogens (primary N) is 1. The minimum Gasteiger partial charge on any atom is -0.355 e. The minimum absolute atomic E-state index is 0.181. The summed E-state index contributed by atoms with van der Waals surface area (Å²) in [5.74, 6) is 0. The number of anilines is 1. The summed E-state index contributed by atoms with van der Waals surface area (Å²) < 4.78 is 0. The Morgan fingerprint density at radius 1 is 1.15 bits per heavy atom. The second-order valence-corrected chi connectivity index (χ2v) is 7.97. The molecule has 0 fully saturated rings. The predicted molar refractivity (Wildman–Crippen MR) is 120 cm³/mol. The fourth-order valence-corrected chi connectivity index (χ4v) is 3.42. The zero-order valence-corrected chi connectivity index (χ0v) is 17.7. The van der Waals surface area contributed by atoms with E-state index in [0.29, 0.717) is 0 Å². The highest BCUT2D eigenvalue weighted by molar-refractivity contribution is 7.08. The second-order valence-electron chi connectivity index (χ2n) is 7.19. The molecule has 0 aliphatic carbocycles. The Hall–Kier alpha value is -1.84. The van der Waals surface area contributed by atoms with Gasteiger partial charge in [0.25, 0.3) is 0 Å². The van der Waals surface area contributed by atoms with Gasteiger partial charge >= 0.3 is 0 Å². The van der Waals surface area contributed by atoms with Crippen LogP contribution in [0.2, 0.25) is 0 Å². The van der Waals surface area contributed by atoms with Crippen LogP contribution >= 0.6 is 11.3 Å². The molecule has 2 rings (SSSR count). The molecule has 0 aliphatic rings. The molecule has 142 valence electrons. The first-order valence-corrected chi connectivity index (χ1v) is 10.2. The van der Waals surface area contributed by atoms with E-state index in [1.165, 1.54) is 29.4 Å². The van der Waals surface area contributed by atoms with Crippen LogP contribution in [0.1, 0.15) is 58.1 Å². The normalized spacial score (nSPS) is 11.9. The van der Waals surface area contributed by atoms with Crippen LogP contribution in [0.25, 0.3) is 5.70 Å². The zero-order chi connectivity index (χ0) is 19.6. The lowest BCUT2D eigenvalue weighted by Crippen LogP contribution is -2.11. The molecule has 0 spiro atoms. The van der Waals surface area contributed by atoms with Gasteiger partial charge in [0.15, 0.2) is 0 Å².